The average molecular weight is 870 g/mol. The lowest BCUT2D eigenvalue weighted by Gasteiger charge is -2.33. The molecule has 0 saturated heterocycles. The van der Waals surface area contributed by atoms with E-state index in [4.69, 9.17) is 4.42 Å². The Hall–Kier alpha value is -8.46. The van der Waals surface area contributed by atoms with E-state index in [9.17, 15) is 0 Å². The molecule has 0 aliphatic heterocycles. The Bertz CT molecular complexity index is 3640. The quantitative estimate of drug-likeness (QED) is 0.151. The highest BCUT2D eigenvalue weighted by Crippen LogP contribution is 2.60. The lowest BCUT2D eigenvalue weighted by molar-refractivity contribution is 0.628. The SMILES string of the molecule is CC1(C)c2ccccc2-c2ccc(N(c3ccc(-c4ccc(-c5ccccc5)cc4)cc3)c3cccc(-c4ccc5c(c4)-c4oc6ccccc6c4C5(c4ccccc4)c4ccccc4)c3)cc21. The van der Waals surface area contributed by atoms with Crippen molar-refractivity contribution < 1.29 is 4.42 Å². The van der Waals surface area contributed by atoms with E-state index >= 15 is 0 Å². The van der Waals surface area contributed by atoms with Crippen molar-refractivity contribution in [3.63, 3.8) is 0 Å². The van der Waals surface area contributed by atoms with Crippen LogP contribution in [0.25, 0.3) is 66.8 Å². The topological polar surface area (TPSA) is 16.4 Å². The highest BCUT2D eigenvalue weighted by Gasteiger charge is 2.49. The molecule has 0 saturated carbocycles. The third-order valence-electron chi connectivity index (χ3n) is 14.8. The minimum atomic E-state index is -0.561. The van der Waals surface area contributed by atoms with E-state index < -0.39 is 5.41 Å². The molecule has 2 heteroatoms. The van der Waals surface area contributed by atoms with Crippen LogP contribution in [0.2, 0.25) is 0 Å². The van der Waals surface area contributed by atoms with Gasteiger partial charge in [-0.2, -0.15) is 0 Å². The number of hydrogen-bond donors (Lipinski definition) is 0. The van der Waals surface area contributed by atoms with Crippen molar-refractivity contribution in [1.29, 1.82) is 0 Å². The highest BCUT2D eigenvalue weighted by molar-refractivity contribution is 5.99. The highest BCUT2D eigenvalue weighted by atomic mass is 16.3. The van der Waals surface area contributed by atoms with Crippen LogP contribution in [-0.4, -0.2) is 0 Å². The van der Waals surface area contributed by atoms with E-state index in [2.05, 4.69) is 267 Å². The summed E-state index contributed by atoms with van der Waals surface area (Å²) >= 11 is 0. The molecule has 322 valence electrons. The Morgan fingerprint density at radius 2 is 0.853 bits per heavy atom. The lowest BCUT2D eigenvalue weighted by atomic mass is 9.67. The second-order valence-corrected chi connectivity index (χ2v) is 18.8. The summed E-state index contributed by atoms with van der Waals surface area (Å²) in [5.74, 6) is 0.935. The molecule has 0 fully saturated rings. The first kappa shape index (κ1) is 39.9. The van der Waals surface area contributed by atoms with Gasteiger partial charge in [-0.1, -0.05) is 214 Å². The third kappa shape index (κ3) is 6.11. The summed E-state index contributed by atoms with van der Waals surface area (Å²) in [5.41, 5.74) is 21.9. The lowest BCUT2D eigenvalue weighted by Crippen LogP contribution is -2.28. The van der Waals surface area contributed by atoms with Crippen molar-refractivity contribution in [3.8, 4) is 55.8 Å². The molecule has 0 spiro atoms. The Balaban J connectivity index is 0.947. The van der Waals surface area contributed by atoms with Crippen LogP contribution in [0.4, 0.5) is 17.1 Å². The number of benzene rings is 10. The molecule has 1 aromatic heterocycles. The molecular formula is C66H47NO. The summed E-state index contributed by atoms with van der Waals surface area (Å²) in [6.07, 6.45) is 0. The van der Waals surface area contributed by atoms with Gasteiger partial charge in [-0.05, 0) is 121 Å². The van der Waals surface area contributed by atoms with Crippen LogP contribution in [0.5, 0.6) is 0 Å². The maximum absolute atomic E-state index is 6.94. The molecule has 2 nitrogen and oxygen atoms in total. The van der Waals surface area contributed by atoms with Crippen molar-refractivity contribution in [3.05, 3.63) is 282 Å². The van der Waals surface area contributed by atoms with Gasteiger partial charge in [0.2, 0.25) is 0 Å². The van der Waals surface area contributed by atoms with Gasteiger partial charge in [-0.15, -0.1) is 0 Å². The van der Waals surface area contributed by atoms with Gasteiger partial charge >= 0.3 is 0 Å². The Labute approximate surface area is 398 Å². The number of hydrogen-bond acceptors (Lipinski definition) is 2. The molecule has 2 aliphatic rings. The zero-order valence-electron chi connectivity index (χ0n) is 38.0. The number of para-hydroxylation sites is 1. The number of rotatable bonds is 8. The molecule has 0 amide bonds. The summed E-state index contributed by atoms with van der Waals surface area (Å²) in [7, 11) is 0. The largest absolute Gasteiger partial charge is 0.456 e. The van der Waals surface area contributed by atoms with Gasteiger partial charge in [-0.3, -0.25) is 0 Å². The smallest absolute Gasteiger partial charge is 0.140 e. The van der Waals surface area contributed by atoms with Crippen LogP contribution in [0.15, 0.2) is 253 Å². The van der Waals surface area contributed by atoms with Crippen molar-refractivity contribution in [2.75, 3.05) is 4.90 Å². The fraction of sp³-hybridized carbons (Fsp3) is 0.0606. The Morgan fingerprint density at radius 1 is 0.338 bits per heavy atom. The molecule has 11 aromatic rings. The van der Waals surface area contributed by atoms with Crippen molar-refractivity contribution >= 4 is 28.0 Å². The first-order chi connectivity index (χ1) is 33.5. The molecule has 2 aliphatic carbocycles. The van der Waals surface area contributed by atoms with Crippen LogP contribution in [0, 0.1) is 0 Å². The minimum Gasteiger partial charge on any atom is -0.456 e. The number of fused-ring (bicyclic) bond motifs is 8. The Morgan fingerprint density at radius 3 is 1.56 bits per heavy atom. The van der Waals surface area contributed by atoms with Gasteiger partial charge in [-0.25, -0.2) is 0 Å². The van der Waals surface area contributed by atoms with Crippen molar-refractivity contribution in [2.24, 2.45) is 0 Å². The van der Waals surface area contributed by atoms with Crippen LogP contribution < -0.4 is 4.90 Å². The fourth-order valence-electron chi connectivity index (χ4n) is 11.5. The molecule has 10 aromatic carbocycles. The molecule has 0 N–H and O–H groups in total. The van der Waals surface area contributed by atoms with E-state index in [0.717, 1.165) is 50.5 Å². The predicted molar refractivity (Wildman–Crippen MR) is 282 cm³/mol. The second kappa shape index (κ2) is 15.6. The maximum atomic E-state index is 6.94. The van der Waals surface area contributed by atoms with Gasteiger partial charge < -0.3 is 9.32 Å². The Kier molecular flexibility index (Phi) is 9.13. The zero-order valence-corrected chi connectivity index (χ0v) is 38.0. The molecule has 0 atom stereocenters. The normalized spacial score (nSPS) is 13.7. The van der Waals surface area contributed by atoms with Gasteiger partial charge in [0.15, 0.2) is 0 Å². The van der Waals surface area contributed by atoms with Crippen LogP contribution in [0.3, 0.4) is 0 Å². The average Bonchev–Trinajstić information content (AvgIpc) is 4.01. The van der Waals surface area contributed by atoms with E-state index in [1.54, 1.807) is 0 Å². The summed E-state index contributed by atoms with van der Waals surface area (Å²) in [5, 5.41) is 1.14. The molecule has 1 heterocycles. The van der Waals surface area contributed by atoms with Gasteiger partial charge in [0.25, 0.3) is 0 Å². The summed E-state index contributed by atoms with van der Waals surface area (Å²) in [6.45, 7) is 4.71. The number of anilines is 3. The van der Waals surface area contributed by atoms with Gasteiger partial charge in [0, 0.05) is 39.0 Å². The van der Waals surface area contributed by atoms with Crippen molar-refractivity contribution in [1.82, 2.24) is 0 Å². The van der Waals surface area contributed by atoms with Gasteiger partial charge in [0.05, 0.1) is 5.41 Å². The van der Waals surface area contributed by atoms with Crippen LogP contribution >= 0.6 is 0 Å². The van der Waals surface area contributed by atoms with E-state index in [1.807, 2.05) is 0 Å². The van der Waals surface area contributed by atoms with E-state index in [-0.39, 0.29) is 5.41 Å². The monoisotopic (exact) mass is 869 g/mol. The van der Waals surface area contributed by atoms with E-state index in [1.165, 1.54) is 66.8 Å². The maximum Gasteiger partial charge on any atom is 0.140 e. The molecular weight excluding hydrogens is 823 g/mol. The summed E-state index contributed by atoms with van der Waals surface area (Å²) in [6, 6.07) is 90.9. The number of nitrogens with zero attached hydrogens (tertiary/aromatic N) is 1. The standard InChI is InChI=1S/C66H47NO/c1-65(2)59-27-14-12-25-55(59)56-39-38-54(43-61(56)65)67(52-36-33-47(34-37-52)46-31-29-45(30-32-46)44-17-6-3-7-18-44)53-24-16-19-48(41-53)49-35-40-60-58(42-49)64-63(57-26-13-15-28-62(57)68-64)66(60,50-20-8-4-9-21-50)51-22-10-5-11-23-51/h3-43H,1-2H3. The molecule has 68 heavy (non-hydrogen) atoms. The van der Waals surface area contributed by atoms with E-state index in [0.29, 0.717) is 0 Å². The zero-order chi connectivity index (χ0) is 45.4. The molecule has 0 unspecified atom stereocenters. The molecule has 13 rings (SSSR count). The van der Waals surface area contributed by atoms with Gasteiger partial charge in [0.1, 0.15) is 11.3 Å². The third-order valence-corrected chi connectivity index (χ3v) is 14.8. The molecule has 0 bridgehead atoms. The second-order valence-electron chi connectivity index (χ2n) is 18.8. The predicted octanol–water partition coefficient (Wildman–Crippen LogP) is 17.6. The minimum absolute atomic E-state index is 0.139. The first-order valence-corrected chi connectivity index (χ1v) is 23.7. The van der Waals surface area contributed by atoms with Crippen LogP contribution in [0.1, 0.15) is 47.2 Å². The summed E-state index contributed by atoms with van der Waals surface area (Å²) in [4.78, 5) is 2.42. The number of furan rings is 1. The van der Waals surface area contributed by atoms with Crippen molar-refractivity contribution in [2.45, 2.75) is 24.7 Å². The molecule has 0 radical (unpaired) electrons. The van der Waals surface area contributed by atoms with Crippen LogP contribution in [-0.2, 0) is 10.8 Å². The first-order valence-electron chi connectivity index (χ1n) is 23.7. The fourth-order valence-corrected chi connectivity index (χ4v) is 11.5. The summed E-state index contributed by atoms with van der Waals surface area (Å²) < 4.78 is 6.94.